The molecule has 134 valence electrons. The van der Waals surface area contributed by atoms with Crippen LogP contribution in [0.1, 0.15) is 22.8 Å². The monoisotopic (exact) mass is 350 g/mol. The Morgan fingerprint density at radius 3 is 2.77 bits per heavy atom. The summed E-state index contributed by atoms with van der Waals surface area (Å²) >= 11 is 0. The Morgan fingerprint density at radius 2 is 2.04 bits per heavy atom. The fourth-order valence-electron chi connectivity index (χ4n) is 2.84. The van der Waals surface area contributed by atoms with Crippen molar-refractivity contribution in [2.24, 2.45) is 0 Å². The van der Waals surface area contributed by atoms with Crippen LogP contribution in [-0.2, 0) is 0 Å². The Morgan fingerprint density at radius 1 is 1.19 bits per heavy atom. The van der Waals surface area contributed by atoms with Gasteiger partial charge in [-0.3, -0.25) is 4.79 Å². The molecule has 0 unspecified atom stereocenters. The highest BCUT2D eigenvalue weighted by atomic mass is 16.1. The molecule has 0 aliphatic rings. The number of aryl methyl sites for hydroxylation is 1. The van der Waals surface area contributed by atoms with E-state index in [4.69, 9.17) is 0 Å². The summed E-state index contributed by atoms with van der Waals surface area (Å²) in [5.41, 5.74) is 3.76. The van der Waals surface area contributed by atoms with Gasteiger partial charge in [0.2, 0.25) is 0 Å². The predicted molar refractivity (Wildman–Crippen MR) is 101 cm³/mol. The summed E-state index contributed by atoms with van der Waals surface area (Å²) < 4.78 is 1.52. The molecular weight excluding hydrogens is 328 g/mol. The quantitative estimate of drug-likeness (QED) is 0.707. The number of nitrogens with zero attached hydrogens (tertiary/aromatic N) is 5. The van der Waals surface area contributed by atoms with Crippen LogP contribution in [0, 0.1) is 6.92 Å². The highest BCUT2D eigenvalue weighted by Gasteiger charge is 2.10. The molecule has 0 fully saturated rings. The number of carbonyl (C=O) groups excluding carboxylic acids is 1. The van der Waals surface area contributed by atoms with Gasteiger partial charge in [-0.25, -0.2) is 4.68 Å². The van der Waals surface area contributed by atoms with Crippen LogP contribution < -0.4 is 10.2 Å². The van der Waals surface area contributed by atoms with Crippen LogP contribution in [0.5, 0.6) is 0 Å². The number of benzene rings is 2. The number of amides is 1. The molecule has 1 N–H and O–H groups in total. The van der Waals surface area contributed by atoms with E-state index in [1.54, 1.807) is 12.1 Å². The summed E-state index contributed by atoms with van der Waals surface area (Å²) in [6, 6.07) is 15.5. The van der Waals surface area contributed by atoms with Crippen molar-refractivity contribution in [2.45, 2.75) is 13.8 Å². The van der Waals surface area contributed by atoms with Crippen LogP contribution >= 0.6 is 0 Å². The molecule has 0 spiro atoms. The maximum absolute atomic E-state index is 12.4. The maximum atomic E-state index is 12.4. The summed E-state index contributed by atoms with van der Waals surface area (Å²) in [4.78, 5) is 14.7. The number of rotatable bonds is 7. The number of carbonyl (C=O) groups is 1. The van der Waals surface area contributed by atoms with Crippen molar-refractivity contribution in [3.05, 3.63) is 66.0 Å². The highest BCUT2D eigenvalue weighted by Crippen LogP contribution is 2.18. The number of hydrogen-bond acceptors (Lipinski definition) is 5. The van der Waals surface area contributed by atoms with Gasteiger partial charge in [-0.2, -0.15) is 0 Å². The van der Waals surface area contributed by atoms with Crippen molar-refractivity contribution in [2.75, 3.05) is 24.5 Å². The zero-order valence-electron chi connectivity index (χ0n) is 15.0. The average molecular weight is 350 g/mol. The Bertz CT molecular complexity index is 862. The molecule has 7 heteroatoms. The number of tetrazole rings is 1. The lowest BCUT2D eigenvalue weighted by molar-refractivity contribution is 0.0954. The second-order valence-corrected chi connectivity index (χ2v) is 5.93. The lowest BCUT2D eigenvalue weighted by Gasteiger charge is -2.25. The van der Waals surface area contributed by atoms with Crippen LogP contribution in [-0.4, -0.2) is 45.7 Å². The molecule has 0 saturated carbocycles. The molecule has 3 rings (SSSR count). The van der Waals surface area contributed by atoms with Crippen LogP contribution in [0.2, 0.25) is 0 Å². The average Bonchev–Trinajstić information content (AvgIpc) is 3.21. The van der Waals surface area contributed by atoms with E-state index in [0.717, 1.165) is 18.8 Å². The van der Waals surface area contributed by atoms with Gasteiger partial charge in [-0.05, 0) is 54.1 Å². The van der Waals surface area contributed by atoms with Crippen LogP contribution in [0.3, 0.4) is 0 Å². The van der Waals surface area contributed by atoms with E-state index in [-0.39, 0.29) is 5.91 Å². The summed E-state index contributed by atoms with van der Waals surface area (Å²) in [5, 5.41) is 14.1. The minimum atomic E-state index is -0.110. The maximum Gasteiger partial charge on any atom is 0.251 e. The van der Waals surface area contributed by atoms with E-state index in [0.29, 0.717) is 12.1 Å². The molecule has 0 atom stereocenters. The van der Waals surface area contributed by atoms with E-state index in [1.807, 2.05) is 24.3 Å². The molecular formula is C19H22N6O. The van der Waals surface area contributed by atoms with Crippen LogP contribution in [0.4, 0.5) is 5.69 Å². The fourth-order valence-corrected chi connectivity index (χ4v) is 2.84. The molecule has 1 aromatic heterocycles. The number of aromatic nitrogens is 4. The largest absolute Gasteiger partial charge is 0.370 e. The van der Waals surface area contributed by atoms with Gasteiger partial charge in [0, 0.05) is 30.9 Å². The first-order chi connectivity index (χ1) is 12.7. The molecule has 0 saturated heterocycles. The first-order valence-corrected chi connectivity index (χ1v) is 8.61. The normalized spacial score (nSPS) is 10.5. The number of nitrogens with one attached hydrogen (secondary N) is 1. The molecule has 3 aromatic rings. The van der Waals surface area contributed by atoms with Gasteiger partial charge < -0.3 is 10.2 Å². The minimum Gasteiger partial charge on any atom is -0.370 e. The number of hydrogen-bond donors (Lipinski definition) is 1. The number of likely N-dealkylation sites (N-methyl/N-ethyl adjacent to an activating group) is 1. The van der Waals surface area contributed by atoms with Gasteiger partial charge in [-0.15, -0.1) is 5.10 Å². The number of para-hydroxylation sites is 1. The van der Waals surface area contributed by atoms with Crippen molar-refractivity contribution < 1.29 is 4.79 Å². The first-order valence-electron chi connectivity index (χ1n) is 8.61. The Kier molecular flexibility index (Phi) is 5.58. The standard InChI is InChI=1S/C19H22N6O/c1-3-24(18-10-5-4-7-15(18)2)12-11-20-19(26)16-8-6-9-17(13-16)25-14-21-22-23-25/h4-10,13-14H,3,11-12H2,1-2H3,(H,20,26). The predicted octanol–water partition coefficient (Wildman–Crippen LogP) is 2.23. The van der Waals surface area contributed by atoms with Crippen LogP contribution in [0.15, 0.2) is 54.9 Å². The van der Waals surface area contributed by atoms with Gasteiger partial charge >= 0.3 is 0 Å². The Hall–Kier alpha value is -3.22. The van der Waals surface area contributed by atoms with Crippen molar-refractivity contribution in [3.8, 4) is 5.69 Å². The second kappa shape index (κ2) is 8.24. The molecule has 7 nitrogen and oxygen atoms in total. The fraction of sp³-hybridized carbons (Fsp3) is 0.263. The third kappa shape index (κ3) is 4.05. The van der Waals surface area contributed by atoms with E-state index in [9.17, 15) is 4.79 Å². The van der Waals surface area contributed by atoms with Gasteiger partial charge in [0.05, 0.1) is 5.69 Å². The highest BCUT2D eigenvalue weighted by molar-refractivity contribution is 5.94. The van der Waals surface area contributed by atoms with Crippen molar-refractivity contribution in [1.29, 1.82) is 0 Å². The van der Waals surface area contributed by atoms with Crippen LogP contribution in [0.25, 0.3) is 5.69 Å². The summed E-state index contributed by atoms with van der Waals surface area (Å²) in [7, 11) is 0. The Labute approximate surface area is 152 Å². The molecule has 0 radical (unpaired) electrons. The summed E-state index contributed by atoms with van der Waals surface area (Å²) in [6.45, 7) is 6.41. The zero-order chi connectivity index (χ0) is 18.4. The van der Waals surface area contributed by atoms with Gasteiger partial charge in [0.25, 0.3) is 5.91 Å². The smallest absolute Gasteiger partial charge is 0.251 e. The van der Waals surface area contributed by atoms with E-state index in [2.05, 4.69) is 51.7 Å². The lowest BCUT2D eigenvalue weighted by Crippen LogP contribution is -2.35. The SMILES string of the molecule is CCN(CCNC(=O)c1cccc(-n2cnnn2)c1)c1ccccc1C. The molecule has 1 amide bonds. The molecule has 2 aromatic carbocycles. The second-order valence-electron chi connectivity index (χ2n) is 5.93. The van der Waals surface area contributed by atoms with Crippen molar-refractivity contribution in [3.63, 3.8) is 0 Å². The van der Waals surface area contributed by atoms with Crippen molar-refractivity contribution in [1.82, 2.24) is 25.5 Å². The summed E-state index contributed by atoms with van der Waals surface area (Å²) in [6.07, 6.45) is 1.50. The van der Waals surface area contributed by atoms with Gasteiger partial charge in [0.1, 0.15) is 6.33 Å². The molecule has 0 aliphatic heterocycles. The third-order valence-corrected chi connectivity index (χ3v) is 4.23. The topological polar surface area (TPSA) is 75.9 Å². The Balaban J connectivity index is 1.60. The third-order valence-electron chi connectivity index (χ3n) is 4.23. The molecule has 0 aliphatic carbocycles. The van der Waals surface area contributed by atoms with Gasteiger partial charge in [0.15, 0.2) is 0 Å². The van der Waals surface area contributed by atoms with E-state index >= 15 is 0 Å². The molecule has 1 heterocycles. The zero-order valence-corrected chi connectivity index (χ0v) is 15.0. The first kappa shape index (κ1) is 17.6. The minimum absolute atomic E-state index is 0.110. The van der Waals surface area contributed by atoms with E-state index in [1.165, 1.54) is 22.3 Å². The lowest BCUT2D eigenvalue weighted by atomic mass is 10.1. The molecule has 26 heavy (non-hydrogen) atoms. The number of anilines is 1. The summed E-state index contributed by atoms with van der Waals surface area (Å²) in [5.74, 6) is -0.110. The molecule has 0 bridgehead atoms. The van der Waals surface area contributed by atoms with Crippen molar-refractivity contribution >= 4 is 11.6 Å². The van der Waals surface area contributed by atoms with Gasteiger partial charge in [-0.1, -0.05) is 24.3 Å². The van der Waals surface area contributed by atoms with E-state index < -0.39 is 0 Å².